The summed E-state index contributed by atoms with van der Waals surface area (Å²) < 4.78 is 8.19. The highest BCUT2D eigenvalue weighted by Gasteiger charge is 2.10. The summed E-state index contributed by atoms with van der Waals surface area (Å²) in [7, 11) is 0. The van der Waals surface area contributed by atoms with Crippen molar-refractivity contribution in [3.63, 3.8) is 0 Å². The van der Waals surface area contributed by atoms with Gasteiger partial charge >= 0.3 is 0 Å². The third kappa shape index (κ3) is 3.81. The minimum Gasteiger partial charge on any atom is -0.369 e. The molecular formula is C22H21N3O. The largest absolute Gasteiger partial charge is 0.369 e. The monoisotopic (exact) mass is 343 g/mol. The van der Waals surface area contributed by atoms with Crippen molar-refractivity contribution < 1.29 is 4.74 Å². The molecular weight excluding hydrogens is 322 g/mol. The molecule has 0 bridgehead atoms. The van der Waals surface area contributed by atoms with Gasteiger partial charge in [0.1, 0.15) is 12.4 Å². The molecule has 2 aromatic carbocycles. The molecule has 0 N–H and O–H groups in total. The molecule has 130 valence electrons. The van der Waals surface area contributed by atoms with Crippen molar-refractivity contribution in [2.24, 2.45) is 0 Å². The number of hydrogen-bond donors (Lipinski definition) is 0. The maximum absolute atomic E-state index is 5.92. The van der Waals surface area contributed by atoms with Crippen LogP contribution in [0.5, 0.6) is 0 Å². The van der Waals surface area contributed by atoms with Crippen LogP contribution >= 0.6 is 0 Å². The number of pyridine rings is 1. The van der Waals surface area contributed by atoms with Gasteiger partial charge in [-0.3, -0.25) is 4.98 Å². The molecule has 0 aliphatic rings. The number of para-hydroxylation sites is 2. The summed E-state index contributed by atoms with van der Waals surface area (Å²) in [4.78, 5) is 8.82. The quantitative estimate of drug-likeness (QED) is 0.500. The van der Waals surface area contributed by atoms with Gasteiger partial charge in [-0.1, -0.05) is 42.5 Å². The van der Waals surface area contributed by atoms with E-state index in [2.05, 4.69) is 58.1 Å². The van der Waals surface area contributed by atoms with Gasteiger partial charge in [0.2, 0.25) is 0 Å². The first-order valence-corrected chi connectivity index (χ1v) is 8.85. The van der Waals surface area contributed by atoms with Gasteiger partial charge in [-0.25, -0.2) is 4.98 Å². The first-order valence-electron chi connectivity index (χ1n) is 8.85. The van der Waals surface area contributed by atoms with Crippen LogP contribution in [0, 0.1) is 0 Å². The van der Waals surface area contributed by atoms with E-state index < -0.39 is 0 Å². The lowest BCUT2D eigenvalue weighted by Crippen LogP contribution is -2.08. The second-order valence-corrected chi connectivity index (χ2v) is 6.25. The number of ether oxygens (including phenoxy) is 1. The summed E-state index contributed by atoms with van der Waals surface area (Å²) in [5.41, 5.74) is 4.62. The van der Waals surface area contributed by atoms with Gasteiger partial charge in [0.25, 0.3) is 0 Å². The Kier molecular flexibility index (Phi) is 5.03. The van der Waals surface area contributed by atoms with Gasteiger partial charge in [-0.2, -0.15) is 0 Å². The molecule has 0 unspecified atom stereocenters. The Bertz CT molecular complexity index is 965. The number of hydrogen-bond acceptors (Lipinski definition) is 3. The Morgan fingerprint density at radius 3 is 2.38 bits per heavy atom. The Morgan fingerprint density at radius 1 is 0.769 bits per heavy atom. The topological polar surface area (TPSA) is 39.9 Å². The normalized spacial score (nSPS) is 11.1. The Labute approximate surface area is 153 Å². The highest BCUT2D eigenvalue weighted by atomic mass is 16.5. The standard InChI is InChI=1S/C22H21N3O/c1-2-6-18(7-3-1)12-15-25-21-9-5-4-8-20(21)24-22(25)17-26-16-19-10-13-23-14-11-19/h1-11,13-14H,12,15-17H2. The van der Waals surface area contributed by atoms with Crippen LogP contribution in [0.1, 0.15) is 17.0 Å². The number of nitrogens with zero attached hydrogens (tertiary/aromatic N) is 3. The maximum Gasteiger partial charge on any atom is 0.136 e. The minimum atomic E-state index is 0.492. The van der Waals surface area contributed by atoms with E-state index in [1.807, 2.05) is 18.2 Å². The second kappa shape index (κ2) is 7.93. The number of rotatable bonds is 7. The van der Waals surface area contributed by atoms with E-state index in [1.54, 1.807) is 12.4 Å². The van der Waals surface area contributed by atoms with Gasteiger partial charge in [-0.05, 0) is 41.8 Å². The van der Waals surface area contributed by atoms with Crippen molar-refractivity contribution in [2.45, 2.75) is 26.2 Å². The van der Waals surface area contributed by atoms with Crippen LogP contribution in [0.4, 0.5) is 0 Å². The van der Waals surface area contributed by atoms with Crippen LogP contribution in [0.2, 0.25) is 0 Å². The van der Waals surface area contributed by atoms with Gasteiger partial charge in [-0.15, -0.1) is 0 Å². The highest BCUT2D eigenvalue weighted by molar-refractivity contribution is 5.75. The van der Waals surface area contributed by atoms with Crippen molar-refractivity contribution in [1.82, 2.24) is 14.5 Å². The van der Waals surface area contributed by atoms with E-state index in [-0.39, 0.29) is 0 Å². The Morgan fingerprint density at radius 2 is 1.54 bits per heavy atom. The van der Waals surface area contributed by atoms with Gasteiger partial charge in [0.05, 0.1) is 17.6 Å². The second-order valence-electron chi connectivity index (χ2n) is 6.25. The molecule has 0 atom stereocenters. The number of imidazole rings is 1. The van der Waals surface area contributed by atoms with E-state index in [4.69, 9.17) is 9.72 Å². The fourth-order valence-electron chi connectivity index (χ4n) is 3.11. The lowest BCUT2D eigenvalue weighted by molar-refractivity contribution is 0.0995. The third-order valence-corrected chi connectivity index (χ3v) is 4.45. The highest BCUT2D eigenvalue weighted by Crippen LogP contribution is 2.18. The Hall–Kier alpha value is -2.98. The van der Waals surface area contributed by atoms with Crippen molar-refractivity contribution in [3.05, 3.63) is 96.1 Å². The van der Waals surface area contributed by atoms with Crippen LogP contribution in [0.25, 0.3) is 11.0 Å². The molecule has 0 amide bonds. The number of fused-ring (bicyclic) bond motifs is 1. The summed E-state index contributed by atoms with van der Waals surface area (Å²) >= 11 is 0. The van der Waals surface area contributed by atoms with Crippen LogP contribution in [-0.2, 0) is 30.9 Å². The van der Waals surface area contributed by atoms with Gasteiger partial charge in [0, 0.05) is 18.9 Å². The van der Waals surface area contributed by atoms with Crippen molar-refractivity contribution >= 4 is 11.0 Å². The van der Waals surface area contributed by atoms with E-state index in [0.29, 0.717) is 13.2 Å². The summed E-state index contributed by atoms with van der Waals surface area (Å²) in [5, 5.41) is 0. The average molecular weight is 343 g/mol. The molecule has 26 heavy (non-hydrogen) atoms. The molecule has 0 saturated heterocycles. The maximum atomic E-state index is 5.92. The predicted molar refractivity (Wildman–Crippen MR) is 103 cm³/mol. The molecule has 4 aromatic rings. The smallest absolute Gasteiger partial charge is 0.136 e. The molecule has 0 saturated carbocycles. The van der Waals surface area contributed by atoms with E-state index in [9.17, 15) is 0 Å². The molecule has 4 rings (SSSR count). The minimum absolute atomic E-state index is 0.492. The zero-order valence-electron chi connectivity index (χ0n) is 14.6. The number of aromatic nitrogens is 3. The average Bonchev–Trinajstić information content (AvgIpc) is 3.05. The summed E-state index contributed by atoms with van der Waals surface area (Å²) in [5.74, 6) is 0.969. The van der Waals surface area contributed by atoms with Crippen LogP contribution < -0.4 is 0 Å². The van der Waals surface area contributed by atoms with E-state index >= 15 is 0 Å². The van der Waals surface area contributed by atoms with Crippen molar-refractivity contribution in [3.8, 4) is 0 Å². The van der Waals surface area contributed by atoms with Crippen LogP contribution in [0.3, 0.4) is 0 Å². The molecule has 0 fully saturated rings. The molecule has 0 aliphatic heterocycles. The Balaban J connectivity index is 1.51. The first-order chi connectivity index (χ1) is 12.9. The molecule has 4 nitrogen and oxygen atoms in total. The van der Waals surface area contributed by atoms with Crippen LogP contribution in [0.15, 0.2) is 79.1 Å². The zero-order valence-corrected chi connectivity index (χ0v) is 14.6. The first kappa shape index (κ1) is 16.5. The third-order valence-electron chi connectivity index (χ3n) is 4.45. The molecule has 2 aromatic heterocycles. The SMILES string of the molecule is c1ccc(CCn2c(COCc3ccncc3)nc3ccccc32)cc1. The van der Waals surface area contributed by atoms with E-state index in [0.717, 1.165) is 35.4 Å². The molecule has 4 heteroatoms. The van der Waals surface area contributed by atoms with Crippen LogP contribution in [-0.4, -0.2) is 14.5 Å². The molecule has 0 spiro atoms. The summed E-state index contributed by atoms with van der Waals surface area (Å²) in [6.07, 6.45) is 4.54. The fourth-order valence-corrected chi connectivity index (χ4v) is 3.11. The number of benzene rings is 2. The van der Waals surface area contributed by atoms with Crippen molar-refractivity contribution in [1.29, 1.82) is 0 Å². The lowest BCUT2D eigenvalue weighted by atomic mass is 10.1. The van der Waals surface area contributed by atoms with Crippen molar-refractivity contribution in [2.75, 3.05) is 0 Å². The summed E-state index contributed by atoms with van der Waals surface area (Å²) in [6, 6.07) is 22.8. The van der Waals surface area contributed by atoms with E-state index in [1.165, 1.54) is 5.56 Å². The fraction of sp³-hybridized carbons (Fsp3) is 0.182. The van der Waals surface area contributed by atoms with Gasteiger partial charge in [0.15, 0.2) is 0 Å². The lowest BCUT2D eigenvalue weighted by Gasteiger charge is -2.10. The molecule has 0 radical (unpaired) electrons. The van der Waals surface area contributed by atoms with Gasteiger partial charge < -0.3 is 9.30 Å². The predicted octanol–water partition coefficient (Wildman–Crippen LogP) is 4.39. The number of aryl methyl sites for hydroxylation is 2. The molecule has 2 heterocycles. The summed E-state index contributed by atoms with van der Waals surface area (Å²) in [6.45, 7) is 1.94. The molecule has 0 aliphatic carbocycles. The zero-order chi connectivity index (χ0) is 17.6.